The van der Waals surface area contributed by atoms with E-state index in [0.29, 0.717) is 40.6 Å². The fourth-order valence-electron chi connectivity index (χ4n) is 4.07. The quantitative estimate of drug-likeness (QED) is 0.289. The second kappa shape index (κ2) is 9.32. The normalized spacial score (nSPS) is 14.6. The molecular formula is C25H22FN3O3S2. The van der Waals surface area contributed by atoms with E-state index in [2.05, 4.69) is 0 Å². The molecule has 1 aromatic heterocycles. The van der Waals surface area contributed by atoms with Crippen molar-refractivity contribution >= 4 is 32.7 Å². The molecule has 0 unspecified atom stereocenters. The molecule has 0 aliphatic carbocycles. The number of thioether (sulfide) groups is 1. The first-order valence-corrected chi connectivity index (χ1v) is 13.4. The Morgan fingerprint density at radius 2 is 1.71 bits per heavy atom. The average Bonchev–Trinajstić information content (AvgIpc) is 3.39. The van der Waals surface area contributed by atoms with Gasteiger partial charge in [0.15, 0.2) is 5.16 Å². The average molecular weight is 496 g/mol. The lowest BCUT2D eigenvalue weighted by Crippen LogP contribution is -2.28. The van der Waals surface area contributed by atoms with Gasteiger partial charge >= 0.3 is 0 Å². The van der Waals surface area contributed by atoms with Gasteiger partial charge in [0.1, 0.15) is 5.82 Å². The van der Waals surface area contributed by atoms with Crippen LogP contribution in [0.4, 0.5) is 4.39 Å². The summed E-state index contributed by atoms with van der Waals surface area (Å²) in [5.74, 6) is 0.0654. The van der Waals surface area contributed by atoms with E-state index in [1.807, 2.05) is 12.1 Å². The molecule has 6 nitrogen and oxygen atoms in total. The van der Waals surface area contributed by atoms with E-state index in [4.69, 9.17) is 4.98 Å². The van der Waals surface area contributed by atoms with E-state index >= 15 is 0 Å². The van der Waals surface area contributed by atoms with Crippen molar-refractivity contribution in [3.05, 3.63) is 94.5 Å². The minimum absolute atomic E-state index is 0.146. The number of hydrogen-bond donors (Lipinski definition) is 0. The van der Waals surface area contributed by atoms with Gasteiger partial charge in [0.05, 0.1) is 21.5 Å². The summed E-state index contributed by atoms with van der Waals surface area (Å²) in [4.78, 5) is 18.4. The maximum absolute atomic E-state index is 13.7. The van der Waals surface area contributed by atoms with Crippen molar-refractivity contribution in [1.29, 1.82) is 0 Å². The molecule has 0 bridgehead atoms. The Morgan fingerprint density at radius 3 is 2.50 bits per heavy atom. The van der Waals surface area contributed by atoms with Gasteiger partial charge in [0, 0.05) is 18.8 Å². The first-order chi connectivity index (χ1) is 16.4. The second-order valence-electron chi connectivity index (χ2n) is 8.08. The molecule has 2 heterocycles. The number of para-hydroxylation sites is 1. The summed E-state index contributed by atoms with van der Waals surface area (Å²) in [6.07, 6.45) is 1.68. The Hall–Kier alpha value is -3.01. The van der Waals surface area contributed by atoms with Gasteiger partial charge < -0.3 is 0 Å². The molecule has 1 aliphatic heterocycles. The van der Waals surface area contributed by atoms with E-state index < -0.39 is 10.0 Å². The summed E-state index contributed by atoms with van der Waals surface area (Å²) in [6, 6.07) is 19.7. The van der Waals surface area contributed by atoms with Gasteiger partial charge in [-0.15, -0.1) is 0 Å². The molecule has 1 aliphatic rings. The highest BCUT2D eigenvalue weighted by molar-refractivity contribution is 7.98. The van der Waals surface area contributed by atoms with Gasteiger partial charge in [-0.3, -0.25) is 9.36 Å². The number of sulfonamides is 1. The highest BCUT2D eigenvalue weighted by atomic mass is 32.2. The van der Waals surface area contributed by atoms with Crippen LogP contribution < -0.4 is 5.56 Å². The maximum Gasteiger partial charge on any atom is 0.266 e. The zero-order chi connectivity index (χ0) is 23.7. The number of fused-ring (bicyclic) bond motifs is 1. The van der Waals surface area contributed by atoms with Crippen molar-refractivity contribution in [3.8, 4) is 5.69 Å². The van der Waals surface area contributed by atoms with Gasteiger partial charge in [-0.1, -0.05) is 42.1 Å². The van der Waals surface area contributed by atoms with Crippen LogP contribution in [0.15, 0.2) is 87.6 Å². The van der Waals surface area contributed by atoms with E-state index in [1.54, 1.807) is 42.5 Å². The third kappa shape index (κ3) is 4.38. The van der Waals surface area contributed by atoms with Gasteiger partial charge in [0.25, 0.3) is 5.56 Å². The fourth-order valence-corrected chi connectivity index (χ4v) is 6.59. The topological polar surface area (TPSA) is 72.3 Å². The van der Waals surface area contributed by atoms with Crippen molar-refractivity contribution in [1.82, 2.24) is 13.9 Å². The van der Waals surface area contributed by atoms with Crippen molar-refractivity contribution in [2.45, 2.75) is 28.6 Å². The van der Waals surface area contributed by atoms with Crippen LogP contribution in [0.1, 0.15) is 18.4 Å². The molecule has 34 heavy (non-hydrogen) atoms. The van der Waals surface area contributed by atoms with Crippen LogP contribution in [-0.4, -0.2) is 35.4 Å². The monoisotopic (exact) mass is 495 g/mol. The molecule has 0 atom stereocenters. The zero-order valence-corrected chi connectivity index (χ0v) is 19.9. The number of nitrogens with zero attached hydrogens (tertiary/aromatic N) is 3. The third-order valence-electron chi connectivity index (χ3n) is 5.78. The number of rotatable bonds is 6. The number of benzene rings is 3. The number of halogens is 1. The Morgan fingerprint density at radius 1 is 0.941 bits per heavy atom. The molecule has 0 saturated carbocycles. The lowest BCUT2D eigenvalue weighted by molar-refractivity contribution is 0.477. The predicted molar refractivity (Wildman–Crippen MR) is 131 cm³/mol. The zero-order valence-electron chi connectivity index (χ0n) is 18.2. The summed E-state index contributed by atoms with van der Waals surface area (Å²) in [5, 5.41) is 0.842. The number of aromatic nitrogens is 2. The van der Waals surface area contributed by atoms with Crippen LogP contribution in [0.3, 0.4) is 0 Å². The van der Waals surface area contributed by atoms with Gasteiger partial charge in [0.2, 0.25) is 10.0 Å². The van der Waals surface area contributed by atoms with Gasteiger partial charge in [-0.2, -0.15) is 4.31 Å². The van der Waals surface area contributed by atoms with Crippen LogP contribution in [0.2, 0.25) is 0 Å². The van der Waals surface area contributed by atoms with Crippen molar-refractivity contribution in [2.24, 2.45) is 0 Å². The SMILES string of the molecule is O=c1c2ccccc2nc(SCc2cccc(F)c2)n1-c1cccc(S(=O)(=O)N2CCCC2)c1. The third-order valence-corrected chi connectivity index (χ3v) is 8.68. The smallest absolute Gasteiger partial charge is 0.266 e. The Bertz CT molecular complexity index is 1530. The molecule has 3 aromatic carbocycles. The van der Waals surface area contributed by atoms with E-state index in [-0.39, 0.29) is 16.3 Å². The lowest BCUT2D eigenvalue weighted by Gasteiger charge is -2.17. The summed E-state index contributed by atoms with van der Waals surface area (Å²) in [5.41, 5.74) is 1.43. The Kier molecular flexibility index (Phi) is 6.24. The minimum atomic E-state index is -3.65. The van der Waals surface area contributed by atoms with Crippen LogP contribution in [-0.2, 0) is 15.8 Å². The molecule has 0 radical (unpaired) electrons. The summed E-state index contributed by atoms with van der Waals surface area (Å²) in [7, 11) is -3.65. The molecule has 174 valence electrons. The minimum Gasteiger partial charge on any atom is -0.268 e. The van der Waals surface area contributed by atoms with E-state index in [0.717, 1.165) is 18.4 Å². The standard InChI is InChI=1S/C25H22FN3O3S2/c26-19-8-5-7-18(15-19)17-33-25-27-23-12-2-1-11-22(23)24(30)29(25)20-9-6-10-21(16-20)34(31,32)28-13-3-4-14-28/h1-2,5-12,15-16H,3-4,13-14,17H2. The Labute approximate surface area is 201 Å². The molecule has 4 aromatic rings. The largest absolute Gasteiger partial charge is 0.268 e. The van der Waals surface area contributed by atoms with Gasteiger partial charge in [-0.05, 0) is 60.9 Å². The lowest BCUT2D eigenvalue weighted by atomic mass is 10.2. The van der Waals surface area contributed by atoms with Crippen LogP contribution >= 0.6 is 11.8 Å². The molecule has 5 rings (SSSR count). The molecule has 9 heteroatoms. The molecule has 0 amide bonds. The summed E-state index contributed by atoms with van der Waals surface area (Å²) >= 11 is 1.30. The van der Waals surface area contributed by atoms with Crippen LogP contribution in [0, 0.1) is 5.82 Å². The molecular weight excluding hydrogens is 473 g/mol. The first-order valence-electron chi connectivity index (χ1n) is 10.9. The predicted octanol–water partition coefficient (Wildman–Crippen LogP) is 4.60. The highest BCUT2D eigenvalue weighted by Gasteiger charge is 2.27. The fraction of sp³-hybridized carbons (Fsp3) is 0.200. The first kappa shape index (κ1) is 22.8. The van der Waals surface area contributed by atoms with Crippen LogP contribution in [0.5, 0.6) is 0 Å². The highest BCUT2D eigenvalue weighted by Crippen LogP contribution is 2.27. The summed E-state index contributed by atoms with van der Waals surface area (Å²) < 4.78 is 42.8. The van der Waals surface area contributed by atoms with E-state index in [9.17, 15) is 17.6 Å². The van der Waals surface area contributed by atoms with Gasteiger partial charge in [-0.25, -0.2) is 17.8 Å². The van der Waals surface area contributed by atoms with E-state index in [1.165, 1.54) is 38.8 Å². The molecule has 0 N–H and O–H groups in total. The molecule has 0 spiro atoms. The maximum atomic E-state index is 13.7. The Balaban J connectivity index is 1.61. The second-order valence-corrected chi connectivity index (χ2v) is 11.0. The summed E-state index contributed by atoms with van der Waals surface area (Å²) in [6.45, 7) is 0.998. The molecule has 1 saturated heterocycles. The van der Waals surface area contributed by atoms with Crippen molar-refractivity contribution in [3.63, 3.8) is 0 Å². The van der Waals surface area contributed by atoms with Crippen LogP contribution in [0.25, 0.3) is 16.6 Å². The van der Waals surface area contributed by atoms with Crippen molar-refractivity contribution < 1.29 is 12.8 Å². The molecule has 1 fully saturated rings. The van der Waals surface area contributed by atoms with Crippen molar-refractivity contribution in [2.75, 3.05) is 13.1 Å². The number of hydrogen-bond acceptors (Lipinski definition) is 5.